The molecule has 0 fully saturated rings. The maximum Gasteiger partial charge on any atom is 0.161 e. The molecule has 1 heterocycles. The van der Waals surface area contributed by atoms with Crippen LogP contribution < -0.4 is 9.47 Å². The van der Waals surface area contributed by atoms with Crippen molar-refractivity contribution in [1.82, 2.24) is 9.55 Å². The fraction of sp³-hybridized carbons (Fsp3) is 0.400. The number of hydrogen-bond donors (Lipinski definition) is 0. The van der Waals surface area contributed by atoms with Gasteiger partial charge in [0.1, 0.15) is 12.4 Å². The fourth-order valence-corrected chi connectivity index (χ4v) is 1.96. The molecular formula is C15H20N2O2. The van der Waals surface area contributed by atoms with E-state index in [0.29, 0.717) is 13.2 Å². The lowest BCUT2D eigenvalue weighted by molar-refractivity contribution is 0.265. The van der Waals surface area contributed by atoms with E-state index < -0.39 is 0 Å². The lowest BCUT2D eigenvalue weighted by Crippen LogP contribution is -2.10. The number of hydrogen-bond acceptors (Lipinski definition) is 3. The van der Waals surface area contributed by atoms with Gasteiger partial charge in [0, 0.05) is 18.8 Å². The number of imidazole rings is 1. The van der Waals surface area contributed by atoms with Crippen LogP contribution in [0.3, 0.4) is 0 Å². The van der Waals surface area contributed by atoms with E-state index in [4.69, 9.17) is 9.47 Å². The summed E-state index contributed by atoms with van der Waals surface area (Å²) in [5.74, 6) is 2.68. The zero-order valence-corrected chi connectivity index (χ0v) is 11.5. The van der Waals surface area contributed by atoms with E-state index in [1.54, 1.807) is 0 Å². The summed E-state index contributed by atoms with van der Waals surface area (Å²) in [6.45, 7) is 6.11. The van der Waals surface area contributed by atoms with E-state index in [1.165, 1.54) is 0 Å². The Hall–Kier alpha value is -1.97. The Labute approximate surface area is 114 Å². The van der Waals surface area contributed by atoms with E-state index in [0.717, 1.165) is 30.3 Å². The third-order valence-corrected chi connectivity index (χ3v) is 2.86. The SMILES string of the molecule is CCOc1ccccc1OCCn1ccnc1CC. The van der Waals surface area contributed by atoms with Gasteiger partial charge >= 0.3 is 0 Å². The van der Waals surface area contributed by atoms with E-state index in [1.807, 2.05) is 43.6 Å². The standard InChI is InChI=1S/C15H20N2O2/c1-3-15-16-9-10-17(15)11-12-19-14-8-6-5-7-13(14)18-4-2/h5-10H,3-4,11-12H2,1-2H3. The van der Waals surface area contributed by atoms with Crippen molar-refractivity contribution in [2.45, 2.75) is 26.8 Å². The van der Waals surface area contributed by atoms with Gasteiger partial charge in [-0.2, -0.15) is 0 Å². The molecule has 19 heavy (non-hydrogen) atoms. The minimum absolute atomic E-state index is 0.605. The smallest absolute Gasteiger partial charge is 0.161 e. The molecule has 1 aromatic carbocycles. The molecule has 4 heteroatoms. The molecule has 0 N–H and O–H groups in total. The summed E-state index contributed by atoms with van der Waals surface area (Å²) in [4.78, 5) is 4.29. The lowest BCUT2D eigenvalue weighted by Gasteiger charge is -2.12. The Kier molecular flexibility index (Phi) is 4.84. The summed E-state index contributed by atoms with van der Waals surface area (Å²) in [6, 6.07) is 7.75. The predicted octanol–water partition coefficient (Wildman–Crippen LogP) is 2.92. The van der Waals surface area contributed by atoms with Gasteiger partial charge in [0.05, 0.1) is 13.2 Å². The molecule has 102 valence electrons. The molecule has 0 atom stereocenters. The summed E-state index contributed by atoms with van der Waals surface area (Å²) in [6.07, 6.45) is 4.74. The molecule has 0 unspecified atom stereocenters. The number of rotatable bonds is 7. The number of aryl methyl sites for hydroxylation is 1. The number of ether oxygens (including phenoxy) is 2. The van der Waals surface area contributed by atoms with Gasteiger partial charge in [-0.1, -0.05) is 19.1 Å². The van der Waals surface area contributed by atoms with Crippen LogP contribution in [0.15, 0.2) is 36.7 Å². The Balaban J connectivity index is 1.92. The van der Waals surface area contributed by atoms with Crippen LogP contribution in [-0.4, -0.2) is 22.8 Å². The molecule has 0 saturated carbocycles. The van der Waals surface area contributed by atoms with Crippen LogP contribution in [0.25, 0.3) is 0 Å². The topological polar surface area (TPSA) is 36.3 Å². The summed E-state index contributed by atoms with van der Waals surface area (Å²) in [5.41, 5.74) is 0. The second kappa shape index (κ2) is 6.83. The molecule has 0 aliphatic rings. The zero-order valence-electron chi connectivity index (χ0n) is 11.5. The van der Waals surface area contributed by atoms with Gasteiger partial charge in [0.2, 0.25) is 0 Å². The Morgan fingerprint density at radius 2 is 1.84 bits per heavy atom. The zero-order chi connectivity index (χ0) is 13.5. The average molecular weight is 260 g/mol. The molecule has 4 nitrogen and oxygen atoms in total. The molecule has 0 amide bonds. The van der Waals surface area contributed by atoms with Crippen molar-refractivity contribution in [2.75, 3.05) is 13.2 Å². The Morgan fingerprint density at radius 3 is 2.53 bits per heavy atom. The first kappa shape index (κ1) is 13.5. The number of nitrogens with zero attached hydrogens (tertiary/aromatic N) is 2. The van der Waals surface area contributed by atoms with Crippen molar-refractivity contribution >= 4 is 0 Å². The minimum Gasteiger partial charge on any atom is -0.490 e. The van der Waals surface area contributed by atoms with Crippen molar-refractivity contribution in [3.8, 4) is 11.5 Å². The first-order valence-electron chi connectivity index (χ1n) is 6.69. The third kappa shape index (κ3) is 3.50. The molecule has 0 aliphatic heterocycles. The van der Waals surface area contributed by atoms with Crippen LogP contribution in [0.4, 0.5) is 0 Å². The quantitative estimate of drug-likeness (QED) is 0.768. The second-order valence-corrected chi connectivity index (χ2v) is 4.12. The highest BCUT2D eigenvalue weighted by atomic mass is 16.5. The van der Waals surface area contributed by atoms with E-state index in [9.17, 15) is 0 Å². The molecule has 0 bridgehead atoms. The highest BCUT2D eigenvalue weighted by Gasteiger charge is 2.04. The predicted molar refractivity (Wildman–Crippen MR) is 74.7 cm³/mol. The van der Waals surface area contributed by atoms with Crippen molar-refractivity contribution in [3.63, 3.8) is 0 Å². The van der Waals surface area contributed by atoms with Gasteiger partial charge in [-0.05, 0) is 19.1 Å². The maximum absolute atomic E-state index is 5.79. The molecule has 2 aromatic rings. The molecule has 0 radical (unpaired) electrons. The highest BCUT2D eigenvalue weighted by Crippen LogP contribution is 2.26. The van der Waals surface area contributed by atoms with Gasteiger partial charge in [-0.15, -0.1) is 0 Å². The molecular weight excluding hydrogens is 240 g/mol. The Bertz CT molecular complexity index is 508. The van der Waals surface area contributed by atoms with Crippen molar-refractivity contribution in [2.24, 2.45) is 0 Å². The monoisotopic (exact) mass is 260 g/mol. The first-order chi connectivity index (χ1) is 9.35. The third-order valence-electron chi connectivity index (χ3n) is 2.86. The van der Waals surface area contributed by atoms with E-state index in [2.05, 4.69) is 16.5 Å². The molecule has 0 saturated heterocycles. The van der Waals surface area contributed by atoms with Gasteiger partial charge < -0.3 is 14.0 Å². The van der Waals surface area contributed by atoms with Crippen LogP contribution in [0.2, 0.25) is 0 Å². The summed E-state index contributed by atoms with van der Waals surface area (Å²) in [5, 5.41) is 0. The number of aromatic nitrogens is 2. The van der Waals surface area contributed by atoms with Crippen LogP contribution in [0.5, 0.6) is 11.5 Å². The number of para-hydroxylation sites is 2. The van der Waals surface area contributed by atoms with Gasteiger partial charge in [-0.25, -0.2) is 4.98 Å². The van der Waals surface area contributed by atoms with Gasteiger partial charge in [0.15, 0.2) is 11.5 Å². The van der Waals surface area contributed by atoms with E-state index in [-0.39, 0.29) is 0 Å². The van der Waals surface area contributed by atoms with Crippen LogP contribution in [-0.2, 0) is 13.0 Å². The van der Waals surface area contributed by atoms with Crippen LogP contribution in [0.1, 0.15) is 19.7 Å². The second-order valence-electron chi connectivity index (χ2n) is 4.12. The molecule has 0 spiro atoms. The minimum atomic E-state index is 0.605. The Morgan fingerprint density at radius 1 is 1.11 bits per heavy atom. The molecule has 1 aromatic heterocycles. The summed E-state index contributed by atoms with van der Waals surface area (Å²) >= 11 is 0. The summed E-state index contributed by atoms with van der Waals surface area (Å²) < 4.78 is 13.4. The van der Waals surface area contributed by atoms with Crippen LogP contribution >= 0.6 is 0 Å². The van der Waals surface area contributed by atoms with E-state index >= 15 is 0 Å². The average Bonchev–Trinajstić information content (AvgIpc) is 2.88. The first-order valence-corrected chi connectivity index (χ1v) is 6.69. The van der Waals surface area contributed by atoms with Crippen molar-refractivity contribution < 1.29 is 9.47 Å². The van der Waals surface area contributed by atoms with Crippen LogP contribution in [0, 0.1) is 0 Å². The molecule has 2 rings (SSSR count). The normalized spacial score (nSPS) is 10.4. The van der Waals surface area contributed by atoms with Gasteiger partial charge in [-0.3, -0.25) is 0 Å². The van der Waals surface area contributed by atoms with Crippen molar-refractivity contribution in [3.05, 3.63) is 42.5 Å². The maximum atomic E-state index is 5.79. The molecule has 0 aliphatic carbocycles. The number of benzene rings is 1. The fourth-order valence-electron chi connectivity index (χ4n) is 1.96. The lowest BCUT2D eigenvalue weighted by atomic mass is 10.3. The highest BCUT2D eigenvalue weighted by molar-refractivity contribution is 5.39. The van der Waals surface area contributed by atoms with Gasteiger partial charge in [0.25, 0.3) is 0 Å². The van der Waals surface area contributed by atoms with Crippen molar-refractivity contribution in [1.29, 1.82) is 0 Å². The largest absolute Gasteiger partial charge is 0.490 e. The summed E-state index contributed by atoms with van der Waals surface area (Å²) in [7, 11) is 0.